The van der Waals surface area contributed by atoms with Crippen LogP contribution in [0.15, 0.2) is 59.3 Å². The predicted molar refractivity (Wildman–Crippen MR) is 85.2 cm³/mol. The SMILES string of the molecule is Clc1cccc(-c2cscc2-c2cccc(Cl)c2)c1. The first-order chi connectivity index (χ1) is 9.24. The summed E-state index contributed by atoms with van der Waals surface area (Å²) in [6, 6.07) is 15.8. The molecule has 0 nitrogen and oxygen atoms in total. The zero-order valence-electron chi connectivity index (χ0n) is 9.94. The van der Waals surface area contributed by atoms with Crippen molar-refractivity contribution < 1.29 is 0 Å². The minimum absolute atomic E-state index is 0.751. The highest BCUT2D eigenvalue weighted by Gasteiger charge is 2.09. The predicted octanol–water partition coefficient (Wildman–Crippen LogP) is 6.39. The number of hydrogen-bond donors (Lipinski definition) is 0. The van der Waals surface area contributed by atoms with Gasteiger partial charge in [0.2, 0.25) is 0 Å². The van der Waals surface area contributed by atoms with E-state index < -0.39 is 0 Å². The van der Waals surface area contributed by atoms with Crippen molar-refractivity contribution in [3.8, 4) is 22.3 Å². The van der Waals surface area contributed by atoms with Crippen molar-refractivity contribution in [1.82, 2.24) is 0 Å². The van der Waals surface area contributed by atoms with Crippen molar-refractivity contribution >= 4 is 34.5 Å². The molecule has 0 aliphatic carbocycles. The first-order valence-corrected chi connectivity index (χ1v) is 7.52. The Hall–Kier alpha value is -1.28. The third kappa shape index (κ3) is 2.69. The summed E-state index contributed by atoms with van der Waals surface area (Å²) >= 11 is 13.8. The molecule has 0 fully saturated rings. The van der Waals surface area contributed by atoms with E-state index in [2.05, 4.69) is 22.9 Å². The van der Waals surface area contributed by atoms with Gasteiger partial charge in [0.15, 0.2) is 0 Å². The van der Waals surface area contributed by atoms with E-state index in [-0.39, 0.29) is 0 Å². The lowest BCUT2D eigenvalue weighted by atomic mass is 9.99. The van der Waals surface area contributed by atoms with Gasteiger partial charge in [-0.2, -0.15) is 11.3 Å². The van der Waals surface area contributed by atoms with E-state index in [1.54, 1.807) is 11.3 Å². The lowest BCUT2D eigenvalue weighted by Gasteiger charge is -2.05. The fourth-order valence-corrected chi connectivity index (χ4v) is 3.30. The van der Waals surface area contributed by atoms with Gasteiger partial charge in [0.05, 0.1) is 0 Å². The number of benzene rings is 2. The molecule has 1 heterocycles. The van der Waals surface area contributed by atoms with Gasteiger partial charge in [-0.15, -0.1) is 0 Å². The van der Waals surface area contributed by atoms with Crippen molar-refractivity contribution in [2.45, 2.75) is 0 Å². The van der Waals surface area contributed by atoms with E-state index in [0.29, 0.717) is 0 Å². The zero-order valence-corrected chi connectivity index (χ0v) is 12.3. The second kappa shape index (κ2) is 5.38. The lowest BCUT2D eigenvalue weighted by molar-refractivity contribution is 1.63. The van der Waals surface area contributed by atoms with E-state index in [1.807, 2.05) is 36.4 Å². The average molecular weight is 305 g/mol. The Morgan fingerprint density at radius 2 is 1.16 bits per heavy atom. The van der Waals surface area contributed by atoms with Crippen LogP contribution in [0.25, 0.3) is 22.3 Å². The van der Waals surface area contributed by atoms with Gasteiger partial charge in [0, 0.05) is 21.2 Å². The first-order valence-electron chi connectivity index (χ1n) is 5.82. The topological polar surface area (TPSA) is 0 Å². The Bertz CT molecular complexity index is 656. The molecule has 0 atom stereocenters. The number of hydrogen-bond acceptors (Lipinski definition) is 1. The summed E-state index contributed by atoms with van der Waals surface area (Å²) in [6.45, 7) is 0. The summed E-state index contributed by atoms with van der Waals surface area (Å²) in [7, 11) is 0. The molecule has 3 rings (SSSR count). The molecule has 0 bridgehead atoms. The first kappa shape index (κ1) is 12.7. The second-order valence-electron chi connectivity index (χ2n) is 4.22. The third-order valence-corrected chi connectivity index (χ3v) is 4.15. The number of rotatable bonds is 2. The highest BCUT2D eigenvalue weighted by molar-refractivity contribution is 7.08. The highest BCUT2D eigenvalue weighted by Crippen LogP contribution is 2.36. The molecular formula is C16H10Cl2S. The molecule has 3 heteroatoms. The van der Waals surface area contributed by atoms with E-state index in [1.165, 1.54) is 11.1 Å². The van der Waals surface area contributed by atoms with Gasteiger partial charge in [0.1, 0.15) is 0 Å². The van der Waals surface area contributed by atoms with Crippen LogP contribution in [-0.2, 0) is 0 Å². The van der Waals surface area contributed by atoms with E-state index >= 15 is 0 Å². The van der Waals surface area contributed by atoms with Crippen LogP contribution >= 0.6 is 34.5 Å². The quantitative estimate of drug-likeness (QED) is 0.514. The maximum absolute atomic E-state index is 6.07. The molecule has 0 radical (unpaired) electrons. The molecule has 1 aromatic heterocycles. The summed E-state index contributed by atoms with van der Waals surface area (Å²) in [5.74, 6) is 0. The van der Waals surface area contributed by atoms with Gasteiger partial charge in [-0.25, -0.2) is 0 Å². The van der Waals surface area contributed by atoms with Gasteiger partial charge in [0.25, 0.3) is 0 Å². The van der Waals surface area contributed by atoms with Crippen LogP contribution in [0.1, 0.15) is 0 Å². The lowest BCUT2D eigenvalue weighted by Crippen LogP contribution is -1.80. The van der Waals surface area contributed by atoms with Crippen LogP contribution < -0.4 is 0 Å². The Labute approximate surface area is 126 Å². The second-order valence-corrected chi connectivity index (χ2v) is 5.84. The molecule has 19 heavy (non-hydrogen) atoms. The van der Waals surface area contributed by atoms with Gasteiger partial charge < -0.3 is 0 Å². The molecule has 0 N–H and O–H groups in total. The molecule has 2 aromatic carbocycles. The molecule has 0 amide bonds. The summed E-state index contributed by atoms with van der Waals surface area (Å²) in [5.41, 5.74) is 4.64. The Kier molecular flexibility index (Phi) is 3.61. The summed E-state index contributed by atoms with van der Waals surface area (Å²) in [6.07, 6.45) is 0. The maximum atomic E-state index is 6.07. The molecule has 0 saturated carbocycles. The fourth-order valence-electron chi connectivity index (χ4n) is 2.06. The molecular weight excluding hydrogens is 295 g/mol. The Balaban J connectivity index is 2.13. The maximum Gasteiger partial charge on any atom is 0.0412 e. The van der Waals surface area contributed by atoms with Gasteiger partial charge >= 0.3 is 0 Å². The molecule has 3 aromatic rings. The minimum Gasteiger partial charge on any atom is -0.151 e. The highest BCUT2D eigenvalue weighted by atomic mass is 35.5. The Morgan fingerprint density at radius 1 is 0.684 bits per heavy atom. The van der Waals surface area contributed by atoms with Gasteiger partial charge in [-0.1, -0.05) is 47.5 Å². The monoisotopic (exact) mass is 304 g/mol. The zero-order chi connectivity index (χ0) is 13.2. The van der Waals surface area contributed by atoms with Crippen LogP contribution in [-0.4, -0.2) is 0 Å². The third-order valence-electron chi connectivity index (χ3n) is 2.93. The fraction of sp³-hybridized carbons (Fsp3) is 0. The van der Waals surface area contributed by atoms with E-state index in [9.17, 15) is 0 Å². The molecule has 0 aliphatic rings. The van der Waals surface area contributed by atoms with Gasteiger partial charge in [-0.3, -0.25) is 0 Å². The van der Waals surface area contributed by atoms with Crippen molar-refractivity contribution in [3.63, 3.8) is 0 Å². The largest absolute Gasteiger partial charge is 0.151 e. The van der Waals surface area contributed by atoms with E-state index in [0.717, 1.165) is 21.2 Å². The minimum atomic E-state index is 0.751. The molecule has 94 valence electrons. The van der Waals surface area contributed by atoms with Crippen molar-refractivity contribution in [1.29, 1.82) is 0 Å². The number of thiophene rings is 1. The molecule has 0 unspecified atom stereocenters. The molecule has 0 saturated heterocycles. The van der Waals surface area contributed by atoms with Crippen LogP contribution in [0.2, 0.25) is 10.0 Å². The normalized spacial score (nSPS) is 10.6. The van der Waals surface area contributed by atoms with Crippen LogP contribution in [0.4, 0.5) is 0 Å². The molecule has 0 aliphatic heterocycles. The van der Waals surface area contributed by atoms with Crippen LogP contribution in [0.5, 0.6) is 0 Å². The standard InChI is InChI=1S/C16H10Cl2S/c17-13-5-1-3-11(7-13)15-9-19-10-16(15)12-4-2-6-14(18)8-12/h1-10H. The van der Waals surface area contributed by atoms with E-state index in [4.69, 9.17) is 23.2 Å². The average Bonchev–Trinajstić information content (AvgIpc) is 2.88. The smallest absolute Gasteiger partial charge is 0.0412 e. The van der Waals surface area contributed by atoms with Crippen molar-refractivity contribution in [2.24, 2.45) is 0 Å². The summed E-state index contributed by atoms with van der Waals surface area (Å²) < 4.78 is 0. The number of halogens is 2. The Morgan fingerprint density at radius 3 is 1.58 bits per heavy atom. The van der Waals surface area contributed by atoms with Crippen LogP contribution in [0.3, 0.4) is 0 Å². The summed E-state index contributed by atoms with van der Waals surface area (Å²) in [4.78, 5) is 0. The van der Waals surface area contributed by atoms with Crippen molar-refractivity contribution in [2.75, 3.05) is 0 Å². The summed E-state index contributed by atoms with van der Waals surface area (Å²) in [5, 5.41) is 5.78. The van der Waals surface area contributed by atoms with Crippen molar-refractivity contribution in [3.05, 3.63) is 69.3 Å². The molecule has 0 spiro atoms. The van der Waals surface area contributed by atoms with Crippen LogP contribution in [0, 0.1) is 0 Å². The van der Waals surface area contributed by atoms with Gasteiger partial charge in [-0.05, 0) is 46.2 Å².